The lowest BCUT2D eigenvalue weighted by molar-refractivity contribution is -0.148. The molecule has 0 amide bonds. The minimum Gasteiger partial charge on any atom is -0.466 e. The fourth-order valence-corrected chi connectivity index (χ4v) is 3.61. The maximum absolute atomic E-state index is 12.8. The van der Waals surface area contributed by atoms with Crippen LogP contribution in [0.1, 0.15) is 25.3 Å². The Labute approximate surface area is 151 Å². The van der Waals surface area contributed by atoms with Gasteiger partial charge in [0.1, 0.15) is 5.39 Å². The standard InChI is InChI=1S/C18H24N4O4/c1-5-26-17(24)12-6-8-22(9-7-12)14-11(2)10-19-15-13(14)16(23)21(4)18(25)20(15)3/h10,12H,5-9H2,1-4H3. The average molecular weight is 360 g/mol. The third-order valence-electron chi connectivity index (χ3n) is 5.06. The molecule has 0 unspecified atom stereocenters. The van der Waals surface area contributed by atoms with Gasteiger partial charge in [0, 0.05) is 33.4 Å². The zero-order chi connectivity index (χ0) is 19.0. The van der Waals surface area contributed by atoms with Crippen molar-refractivity contribution in [3.63, 3.8) is 0 Å². The highest BCUT2D eigenvalue weighted by Crippen LogP contribution is 2.30. The van der Waals surface area contributed by atoms with Crippen LogP contribution in [0.5, 0.6) is 0 Å². The van der Waals surface area contributed by atoms with Gasteiger partial charge in [0.15, 0.2) is 5.65 Å². The molecular weight excluding hydrogens is 336 g/mol. The molecule has 0 atom stereocenters. The number of anilines is 1. The number of aromatic nitrogens is 3. The molecule has 1 aliphatic heterocycles. The van der Waals surface area contributed by atoms with E-state index in [1.165, 1.54) is 11.6 Å². The van der Waals surface area contributed by atoms with Crippen molar-refractivity contribution in [1.82, 2.24) is 14.1 Å². The number of pyridine rings is 1. The molecule has 1 saturated heterocycles. The van der Waals surface area contributed by atoms with Gasteiger partial charge in [-0.05, 0) is 32.3 Å². The Morgan fingerprint density at radius 1 is 1.23 bits per heavy atom. The number of esters is 1. The molecule has 0 N–H and O–H groups in total. The minimum atomic E-state index is -0.397. The topological polar surface area (TPSA) is 86.4 Å². The first-order valence-electron chi connectivity index (χ1n) is 8.83. The predicted octanol–water partition coefficient (Wildman–Crippen LogP) is 0.720. The smallest absolute Gasteiger partial charge is 0.332 e. The molecule has 2 aromatic heterocycles. The molecule has 1 fully saturated rings. The van der Waals surface area contributed by atoms with Crippen LogP contribution in [0.4, 0.5) is 5.69 Å². The summed E-state index contributed by atoms with van der Waals surface area (Å²) >= 11 is 0. The minimum absolute atomic E-state index is 0.105. The second-order valence-electron chi connectivity index (χ2n) is 6.71. The highest BCUT2D eigenvalue weighted by molar-refractivity contribution is 5.90. The lowest BCUT2D eigenvalue weighted by Crippen LogP contribution is -2.41. The number of hydrogen-bond acceptors (Lipinski definition) is 6. The Balaban J connectivity index is 2.04. The van der Waals surface area contributed by atoms with E-state index < -0.39 is 5.69 Å². The Kier molecular flexibility index (Phi) is 4.84. The lowest BCUT2D eigenvalue weighted by atomic mass is 9.96. The van der Waals surface area contributed by atoms with Gasteiger partial charge in [-0.2, -0.15) is 0 Å². The van der Waals surface area contributed by atoms with Crippen LogP contribution in [-0.2, 0) is 23.6 Å². The van der Waals surface area contributed by atoms with Crippen molar-refractivity contribution in [2.24, 2.45) is 20.0 Å². The molecule has 8 heteroatoms. The number of rotatable bonds is 3. The van der Waals surface area contributed by atoms with E-state index in [0.717, 1.165) is 15.8 Å². The van der Waals surface area contributed by atoms with Gasteiger partial charge in [0.05, 0.1) is 18.2 Å². The van der Waals surface area contributed by atoms with E-state index in [2.05, 4.69) is 9.88 Å². The Morgan fingerprint density at radius 2 is 1.88 bits per heavy atom. The molecule has 0 spiro atoms. The van der Waals surface area contributed by atoms with Crippen molar-refractivity contribution < 1.29 is 9.53 Å². The van der Waals surface area contributed by atoms with Gasteiger partial charge in [0.25, 0.3) is 5.56 Å². The number of carbonyl (C=O) groups excluding carboxylic acids is 1. The average Bonchev–Trinajstić information content (AvgIpc) is 2.64. The van der Waals surface area contributed by atoms with Crippen LogP contribution in [0.2, 0.25) is 0 Å². The predicted molar refractivity (Wildman–Crippen MR) is 98.5 cm³/mol. The molecule has 3 rings (SSSR count). The van der Waals surface area contributed by atoms with Crippen LogP contribution in [0.3, 0.4) is 0 Å². The summed E-state index contributed by atoms with van der Waals surface area (Å²) in [6.07, 6.45) is 3.04. The number of hydrogen-bond donors (Lipinski definition) is 0. The first-order chi connectivity index (χ1) is 12.4. The monoisotopic (exact) mass is 360 g/mol. The van der Waals surface area contributed by atoms with E-state index >= 15 is 0 Å². The number of piperidine rings is 1. The van der Waals surface area contributed by atoms with Crippen LogP contribution < -0.4 is 16.1 Å². The maximum Gasteiger partial charge on any atom is 0.332 e. The van der Waals surface area contributed by atoms with Gasteiger partial charge in [0.2, 0.25) is 0 Å². The highest BCUT2D eigenvalue weighted by Gasteiger charge is 2.28. The molecule has 2 aromatic rings. The molecule has 0 bridgehead atoms. The third kappa shape index (κ3) is 2.89. The first-order valence-corrected chi connectivity index (χ1v) is 8.83. The Hall–Kier alpha value is -2.64. The van der Waals surface area contributed by atoms with Crippen LogP contribution in [0.25, 0.3) is 11.0 Å². The number of nitrogens with zero attached hydrogens (tertiary/aromatic N) is 4. The van der Waals surface area contributed by atoms with E-state index in [4.69, 9.17) is 4.74 Å². The highest BCUT2D eigenvalue weighted by atomic mass is 16.5. The summed E-state index contributed by atoms with van der Waals surface area (Å²) < 4.78 is 7.62. The normalized spacial score (nSPS) is 15.5. The number of ether oxygens (including phenoxy) is 1. The molecule has 3 heterocycles. The molecule has 8 nitrogen and oxygen atoms in total. The second kappa shape index (κ2) is 6.93. The summed E-state index contributed by atoms with van der Waals surface area (Å²) in [5, 5.41) is 0.448. The van der Waals surface area contributed by atoms with Gasteiger partial charge < -0.3 is 9.64 Å². The largest absolute Gasteiger partial charge is 0.466 e. The van der Waals surface area contributed by atoms with Crippen molar-refractivity contribution in [3.8, 4) is 0 Å². The van der Waals surface area contributed by atoms with E-state index in [1.54, 1.807) is 20.2 Å². The SMILES string of the molecule is CCOC(=O)C1CCN(c2c(C)cnc3c2c(=O)n(C)c(=O)n3C)CC1. The van der Waals surface area contributed by atoms with Gasteiger partial charge >= 0.3 is 11.7 Å². The first kappa shape index (κ1) is 18.2. The van der Waals surface area contributed by atoms with Crippen molar-refractivity contribution >= 4 is 22.7 Å². The van der Waals surface area contributed by atoms with Crippen LogP contribution in [-0.4, -0.2) is 39.8 Å². The third-order valence-corrected chi connectivity index (χ3v) is 5.06. The van der Waals surface area contributed by atoms with E-state index in [-0.39, 0.29) is 17.4 Å². The quantitative estimate of drug-likeness (QED) is 0.750. The number of carbonyl (C=O) groups is 1. The Morgan fingerprint density at radius 3 is 2.50 bits per heavy atom. The molecule has 0 aromatic carbocycles. The van der Waals surface area contributed by atoms with Gasteiger partial charge in [-0.1, -0.05) is 0 Å². The van der Waals surface area contributed by atoms with Crippen molar-refractivity contribution in [1.29, 1.82) is 0 Å². The number of fused-ring (bicyclic) bond motifs is 1. The fraction of sp³-hybridized carbons (Fsp3) is 0.556. The van der Waals surface area contributed by atoms with Crippen LogP contribution in [0.15, 0.2) is 15.8 Å². The van der Waals surface area contributed by atoms with E-state index in [1.807, 2.05) is 6.92 Å². The fourth-order valence-electron chi connectivity index (χ4n) is 3.61. The molecule has 0 aliphatic carbocycles. The summed E-state index contributed by atoms with van der Waals surface area (Å²) in [5.41, 5.74) is 1.31. The molecule has 0 saturated carbocycles. The van der Waals surface area contributed by atoms with Gasteiger partial charge in [-0.15, -0.1) is 0 Å². The van der Waals surface area contributed by atoms with Crippen LogP contribution >= 0.6 is 0 Å². The summed E-state index contributed by atoms with van der Waals surface area (Å²) in [5.74, 6) is -0.256. The van der Waals surface area contributed by atoms with Crippen molar-refractivity contribution in [2.45, 2.75) is 26.7 Å². The maximum atomic E-state index is 12.8. The molecular formula is C18H24N4O4. The molecule has 140 valence electrons. The van der Waals surface area contributed by atoms with Crippen molar-refractivity contribution in [3.05, 3.63) is 32.6 Å². The summed E-state index contributed by atoms with van der Waals surface area (Å²) in [7, 11) is 3.09. The zero-order valence-electron chi connectivity index (χ0n) is 15.6. The zero-order valence-corrected chi connectivity index (χ0v) is 15.6. The van der Waals surface area contributed by atoms with E-state index in [9.17, 15) is 14.4 Å². The summed E-state index contributed by atoms with van der Waals surface area (Å²) in [4.78, 5) is 43.3. The molecule has 1 aliphatic rings. The summed E-state index contributed by atoms with van der Waals surface area (Å²) in [6.45, 7) is 5.39. The van der Waals surface area contributed by atoms with Crippen molar-refractivity contribution in [2.75, 3.05) is 24.6 Å². The second-order valence-corrected chi connectivity index (χ2v) is 6.71. The molecule has 0 radical (unpaired) electrons. The Bertz CT molecular complexity index is 968. The van der Waals surface area contributed by atoms with Gasteiger partial charge in [-0.25, -0.2) is 9.78 Å². The molecule has 26 heavy (non-hydrogen) atoms. The van der Waals surface area contributed by atoms with E-state index in [0.29, 0.717) is 43.6 Å². The number of aryl methyl sites for hydroxylation is 2. The van der Waals surface area contributed by atoms with Crippen LogP contribution in [0, 0.1) is 12.8 Å². The lowest BCUT2D eigenvalue weighted by Gasteiger charge is -2.34. The summed E-state index contributed by atoms with van der Waals surface area (Å²) in [6, 6.07) is 0. The van der Waals surface area contributed by atoms with Gasteiger partial charge in [-0.3, -0.25) is 18.7 Å².